The Bertz CT molecular complexity index is 691. The van der Waals surface area contributed by atoms with Gasteiger partial charge in [0.05, 0.1) is 13.2 Å². The first-order valence-corrected chi connectivity index (χ1v) is 10.2. The molecule has 1 saturated heterocycles. The third-order valence-electron chi connectivity index (χ3n) is 5.61. The van der Waals surface area contributed by atoms with E-state index < -0.39 is 0 Å². The quantitative estimate of drug-likeness (QED) is 0.308. The highest BCUT2D eigenvalue weighted by Gasteiger charge is 2.26. The number of benzene rings is 1. The van der Waals surface area contributed by atoms with Crippen molar-refractivity contribution in [3.8, 4) is 0 Å². The van der Waals surface area contributed by atoms with Crippen LogP contribution in [0, 0.1) is 5.92 Å². The summed E-state index contributed by atoms with van der Waals surface area (Å²) < 4.78 is 5.49. The first-order valence-electron chi connectivity index (χ1n) is 10.2. The molecule has 0 spiro atoms. The van der Waals surface area contributed by atoms with E-state index in [1.165, 1.54) is 5.56 Å². The van der Waals surface area contributed by atoms with Crippen LogP contribution in [0.15, 0.2) is 29.3 Å². The monoisotopic (exact) mass is 515 g/mol. The van der Waals surface area contributed by atoms with Crippen molar-refractivity contribution in [3.05, 3.63) is 29.8 Å². The number of nitrogens with zero attached hydrogens (tertiary/aromatic N) is 2. The van der Waals surface area contributed by atoms with Crippen LogP contribution in [0.25, 0.3) is 0 Å². The predicted octanol–water partition coefficient (Wildman–Crippen LogP) is 2.25. The van der Waals surface area contributed by atoms with E-state index in [1.54, 1.807) is 7.05 Å². The number of aliphatic imine (C=N–C) groups is 1. The van der Waals surface area contributed by atoms with Gasteiger partial charge in [-0.1, -0.05) is 32.0 Å². The number of para-hydroxylation sites is 1. The number of fused-ring (bicyclic) bond motifs is 1. The summed E-state index contributed by atoms with van der Waals surface area (Å²) in [6, 6.07) is 8.45. The Morgan fingerprint density at radius 1 is 1.28 bits per heavy atom. The van der Waals surface area contributed by atoms with Gasteiger partial charge in [0.25, 0.3) is 0 Å². The second-order valence-electron chi connectivity index (χ2n) is 7.83. The maximum atomic E-state index is 12.0. The number of carbonyl (C=O) groups is 1. The molecule has 29 heavy (non-hydrogen) atoms. The van der Waals surface area contributed by atoms with Gasteiger partial charge in [-0.05, 0) is 17.5 Å². The van der Waals surface area contributed by atoms with Gasteiger partial charge in [-0.15, -0.1) is 24.0 Å². The van der Waals surface area contributed by atoms with Crippen LogP contribution in [0.4, 0.5) is 5.69 Å². The second kappa shape index (κ2) is 11.7. The third kappa shape index (κ3) is 6.55. The van der Waals surface area contributed by atoms with E-state index >= 15 is 0 Å². The molecule has 1 aromatic carbocycles. The van der Waals surface area contributed by atoms with Gasteiger partial charge in [0, 0.05) is 57.3 Å². The smallest absolute Gasteiger partial charge is 0.225 e. The van der Waals surface area contributed by atoms with Gasteiger partial charge in [-0.3, -0.25) is 14.7 Å². The molecule has 1 aromatic rings. The summed E-state index contributed by atoms with van der Waals surface area (Å²) in [5, 5.41) is 9.84. The number of guanidine groups is 1. The minimum atomic E-state index is 0. The lowest BCUT2D eigenvalue weighted by molar-refractivity contribution is -0.116. The first-order chi connectivity index (χ1) is 13.6. The Hall–Kier alpha value is -1.39. The molecule has 0 radical (unpaired) electrons. The van der Waals surface area contributed by atoms with Crippen molar-refractivity contribution in [2.45, 2.75) is 32.2 Å². The lowest BCUT2D eigenvalue weighted by Gasteiger charge is -2.37. The molecule has 0 aromatic heterocycles. The van der Waals surface area contributed by atoms with Crippen molar-refractivity contribution < 1.29 is 9.53 Å². The molecule has 0 saturated carbocycles. The molecule has 2 unspecified atom stereocenters. The fourth-order valence-corrected chi connectivity index (χ4v) is 4.02. The number of morpholine rings is 1. The number of hydrogen-bond donors (Lipinski definition) is 3. The number of halogens is 1. The number of nitrogens with one attached hydrogen (secondary N) is 3. The molecule has 1 amide bonds. The average Bonchev–Trinajstić information content (AvgIpc) is 2.70. The molecular formula is C21H34IN5O2. The number of carbonyl (C=O) groups excluding carboxylic acids is 1. The van der Waals surface area contributed by atoms with Crippen molar-refractivity contribution in [1.29, 1.82) is 0 Å². The normalized spacial score (nSPS) is 21.0. The third-order valence-corrected chi connectivity index (χ3v) is 5.61. The standard InChI is InChI=1S/C21H33N5O2.HI/c1-15(2)19(26-8-10-28-11-9-26)14-24-21(22-3)23-13-16-12-20(27)25-18-7-5-4-6-17(16)18;/h4-7,15-16,19H,8-14H2,1-3H3,(H,25,27)(H2,22,23,24);1H. The molecule has 2 atom stereocenters. The molecule has 2 aliphatic rings. The van der Waals surface area contributed by atoms with Gasteiger partial charge in [0.15, 0.2) is 5.96 Å². The van der Waals surface area contributed by atoms with Crippen molar-refractivity contribution in [1.82, 2.24) is 15.5 Å². The molecule has 7 nitrogen and oxygen atoms in total. The molecule has 3 N–H and O–H groups in total. The Kier molecular flexibility index (Phi) is 9.64. The van der Waals surface area contributed by atoms with E-state index in [9.17, 15) is 4.79 Å². The summed E-state index contributed by atoms with van der Waals surface area (Å²) in [4.78, 5) is 18.9. The minimum Gasteiger partial charge on any atom is -0.379 e. The molecule has 1 fully saturated rings. The second-order valence-corrected chi connectivity index (χ2v) is 7.83. The topological polar surface area (TPSA) is 78.0 Å². The molecule has 3 rings (SSSR count). The van der Waals surface area contributed by atoms with Gasteiger partial charge >= 0.3 is 0 Å². The van der Waals surface area contributed by atoms with Crippen LogP contribution < -0.4 is 16.0 Å². The van der Waals surface area contributed by atoms with Crippen LogP contribution in [-0.4, -0.2) is 69.2 Å². The molecule has 162 valence electrons. The van der Waals surface area contributed by atoms with Gasteiger partial charge in [0.1, 0.15) is 0 Å². The van der Waals surface area contributed by atoms with Gasteiger partial charge in [-0.25, -0.2) is 0 Å². The van der Waals surface area contributed by atoms with Gasteiger partial charge in [0.2, 0.25) is 5.91 Å². The minimum absolute atomic E-state index is 0. The summed E-state index contributed by atoms with van der Waals surface area (Å²) in [6.07, 6.45) is 0.489. The van der Waals surface area contributed by atoms with Crippen molar-refractivity contribution in [3.63, 3.8) is 0 Å². The SMILES string of the molecule is CN=C(NCC1CC(=O)Nc2ccccc21)NCC(C(C)C)N1CCOCC1.I. The Labute approximate surface area is 191 Å². The lowest BCUT2D eigenvalue weighted by atomic mass is 9.90. The number of rotatable bonds is 6. The molecule has 8 heteroatoms. The van der Waals surface area contributed by atoms with Crippen LogP contribution in [0.3, 0.4) is 0 Å². The number of anilines is 1. The van der Waals surface area contributed by atoms with E-state index in [1.807, 2.05) is 18.2 Å². The molecular weight excluding hydrogens is 481 g/mol. The maximum absolute atomic E-state index is 12.0. The Morgan fingerprint density at radius 2 is 2.00 bits per heavy atom. The van der Waals surface area contributed by atoms with E-state index in [0.29, 0.717) is 24.9 Å². The number of amides is 1. The van der Waals surface area contributed by atoms with Crippen LogP contribution >= 0.6 is 24.0 Å². The predicted molar refractivity (Wildman–Crippen MR) is 128 cm³/mol. The zero-order valence-corrected chi connectivity index (χ0v) is 19.9. The lowest BCUT2D eigenvalue weighted by Crippen LogP contribution is -2.52. The van der Waals surface area contributed by atoms with E-state index in [0.717, 1.165) is 44.5 Å². The van der Waals surface area contributed by atoms with Gasteiger partial charge in [-0.2, -0.15) is 0 Å². The van der Waals surface area contributed by atoms with Crippen LogP contribution in [0.1, 0.15) is 31.7 Å². The van der Waals surface area contributed by atoms with Crippen LogP contribution in [0.2, 0.25) is 0 Å². The van der Waals surface area contributed by atoms with E-state index in [-0.39, 0.29) is 35.8 Å². The summed E-state index contributed by atoms with van der Waals surface area (Å²) in [7, 11) is 1.79. The number of hydrogen-bond acceptors (Lipinski definition) is 4. The van der Waals surface area contributed by atoms with Crippen molar-refractivity contribution in [2.24, 2.45) is 10.9 Å². The molecule has 0 aliphatic carbocycles. The molecule has 2 aliphatic heterocycles. The maximum Gasteiger partial charge on any atom is 0.225 e. The van der Waals surface area contributed by atoms with Crippen LogP contribution in [0.5, 0.6) is 0 Å². The van der Waals surface area contributed by atoms with Crippen molar-refractivity contribution in [2.75, 3.05) is 51.8 Å². The zero-order valence-electron chi connectivity index (χ0n) is 17.6. The summed E-state index contributed by atoms with van der Waals surface area (Å²) in [6.45, 7) is 9.59. The highest BCUT2D eigenvalue weighted by Crippen LogP contribution is 2.31. The number of ether oxygens (including phenoxy) is 1. The summed E-state index contributed by atoms with van der Waals surface area (Å²) in [5.41, 5.74) is 2.10. The largest absolute Gasteiger partial charge is 0.379 e. The van der Waals surface area contributed by atoms with Crippen LogP contribution in [-0.2, 0) is 9.53 Å². The van der Waals surface area contributed by atoms with E-state index in [2.05, 4.69) is 45.8 Å². The zero-order chi connectivity index (χ0) is 19.9. The Balaban J connectivity index is 0.00000300. The summed E-state index contributed by atoms with van der Waals surface area (Å²) >= 11 is 0. The van der Waals surface area contributed by atoms with Crippen molar-refractivity contribution >= 4 is 41.5 Å². The average molecular weight is 515 g/mol. The Morgan fingerprint density at radius 3 is 2.69 bits per heavy atom. The van der Waals surface area contributed by atoms with E-state index in [4.69, 9.17) is 4.74 Å². The fourth-order valence-electron chi connectivity index (χ4n) is 4.02. The molecule has 0 bridgehead atoms. The highest BCUT2D eigenvalue weighted by atomic mass is 127. The fraction of sp³-hybridized carbons (Fsp3) is 0.619. The first kappa shape index (κ1) is 23.9. The highest BCUT2D eigenvalue weighted by molar-refractivity contribution is 14.0. The van der Waals surface area contributed by atoms with Gasteiger partial charge < -0.3 is 20.7 Å². The summed E-state index contributed by atoms with van der Waals surface area (Å²) in [5.74, 6) is 1.53. The molecule has 2 heterocycles.